The summed E-state index contributed by atoms with van der Waals surface area (Å²) in [4.78, 5) is 12.1. The molecule has 2 aromatic rings. The Morgan fingerprint density at radius 3 is 2.84 bits per heavy atom. The van der Waals surface area contributed by atoms with Crippen molar-refractivity contribution in [2.24, 2.45) is 0 Å². The van der Waals surface area contributed by atoms with Gasteiger partial charge in [-0.3, -0.25) is 0 Å². The third kappa shape index (κ3) is 3.33. The minimum atomic E-state index is -1.01. The van der Waals surface area contributed by atoms with Gasteiger partial charge < -0.3 is 9.84 Å². The molecule has 1 aromatic carbocycles. The van der Waals surface area contributed by atoms with Crippen molar-refractivity contribution in [3.8, 4) is 5.75 Å². The number of thiophene rings is 1. The topological polar surface area (TPSA) is 46.5 Å². The summed E-state index contributed by atoms with van der Waals surface area (Å²) in [6.07, 6.45) is 0. The Hall–Kier alpha value is -1.40. The molecule has 0 saturated heterocycles. The molecule has 1 aromatic heterocycles. The Kier molecular flexibility index (Phi) is 4.21. The summed E-state index contributed by atoms with van der Waals surface area (Å²) < 4.78 is 18.9. The first kappa shape index (κ1) is 14.0. The lowest BCUT2D eigenvalue weighted by molar-refractivity contribution is 0.0697. The van der Waals surface area contributed by atoms with Gasteiger partial charge >= 0.3 is 5.97 Å². The second-order valence-corrected chi connectivity index (χ2v) is 6.00. The molecule has 1 N–H and O–H groups in total. The first-order chi connectivity index (χ1) is 8.97. The zero-order valence-corrected chi connectivity index (χ0v) is 12.3. The number of aromatic carboxylic acids is 1. The highest BCUT2D eigenvalue weighted by Gasteiger charge is 2.15. The van der Waals surface area contributed by atoms with Gasteiger partial charge in [-0.25, -0.2) is 9.18 Å². The van der Waals surface area contributed by atoms with Crippen LogP contribution in [0.15, 0.2) is 28.7 Å². The molecule has 0 saturated carbocycles. The normalized spacial score (nSPS) is 10.5. The molecule has 3 nitrogen and oxygen atoms in total. The number of hydrogen-bond donors (Lipinski definition) is 1. The number of rotatable bonds is 4. The number of hydrogen-bond acceptors (Lipinski definition) is 3. The van der Waals surface area contributed by atoms with Crippen LogP contribution < -0.4 is 4.74 Å². The molecule has 0 amide bonds. The van der Waals surface area contributed by atoms with Crippen molar-refractivity contribution in [1.82, 2.24) is 0 Å². The van der Waals surface area contributed by atoms with E-state index in [2.05, 4.69) is 15.9 Å². The first-order valence-electron chi connectivity index (χ1n) is 5.38. The number of carboxylic acids is 1. The number of halogens is 2. The average Bonchev–Trinajstić information content (AvgIpc) is 2.72. The number of benzene rings is 1. The second-order valence-electron chi connectivity index (χ2n) is 3.89. The molecule has 0 atom stereocenters. The van der Waals surface area contributed by atoms with Gasteiger partial charge in [0.1, 0.15) is 18.2 Å². The van der Waals surface area contributed by atoms with E-state index in [-0.39, 0.29) is 17.3 Å². The van der Waals surface area contributed by atoms with Crippen molar-refractivity contribution >= 4 is 33.2 Å². The second kappa shape index (κ2) is 5.71. The summed E-state index contributed by atoms with van der Waals surface area (Å²) >= 11 is 4.26. The molecule has 0 aliphatic rings. The van der Waals surface area contributed by atoms with Crippen LogP contribution in [-0.4, -0.2) is 11.1 Å². The van der Waals surface area contributed by atoms with E-state index < -0.39 is 5.97 Å². The van der Waals surface area contributed by atoms with Gasteiger partial charge in [0.15, 0.2) is 4.88 Å². The summed E-state index contributed by atoms with van der Waals surface area (Å²) in [6, 6.07) is 6.22. The molecule has 0 unspecified atom stereocenters. The van der Waals surface area contributed by atoms with Gasteiger partial charge in [0.05, 0.1) is 4.47 Å². The van der Waals surface area contributed by atoms with E-state index in [9.17, 15) is 9.18 Å². The SMILES string of the molecule is Cc1cc(OCc2ccc(F)c(Br)c2)c(C(=O)O)s1. The van der Waals surface area contributed by atoms with Crippen LogP contribution in [-0.2, 0) is 6.61 Å². The van der Waals surface area contributed by atoms with Crippen LogP contribution in [0.2, 0.25) is 0 Å². The molecule has 0 fully saturated rings. The molecule has 2 rings (SSSR count). The molecular formula is C13H10BrFO3S. The fourth-order valence-corrected chi connectivity index (χ4v) is 2.76. The van der Waals surface area contributed by atoms with Crippen LogP contribution in [0.3, 0.4) is 0 Å². The average molecular weight is 345 g/mol. The van der Waals surface area contributed by atoms with Gasteiger partial charge in [0.2, 0.25) is 0 Å². The van der Waals surface area contributed by atoms with E-state index in [0.29, 0.717) is 10.2 Å². The largest absolute Gasteiger partial charge is 0.487 e. The number of carbonyl (C=O) groups is 1. The minimum Gasteiger partial charge on any atom is -0.487 e. The Morgan fingerprint density at radius 1 is 1.47 bits per heavy atom. The summed E-state index contributed by atoms with van der Waals surface area (Å²) in [7, 11) is 0. The maximum absolute atomic E-state index is 13.1. The zero-order valence-electron chi connectivity index (χ0n) is 9.94. The number of ether oxygens (including phenoxy) is 1. The Bertz CT molecular complexity index is 624. The van der Waals surface area contributed by atoms with Crippen LogP contribution in [0.25, 0.3) is 0 Å². The molecule has 0 aliphatic heterocycles. The van der Waals surface area contributed by atoms with E-state index >= 15 is 0 Å². The van der Waals surface area contributed by atoms with E-state index in [4.69, 9.17) is 9.84 Å². The van der Waals surface area contributed by atoms with Gasteiger partial charge in [0, 0.05) is 4.88 Å². The van der Waals surface area contributed by atoms with Crippen molar-refractivity contribution in [3.05, 3.63) is 49.9 Å². The summed E-state index contributed by atoms with van der Waals surface area (Å²) in [5.41, 5.74) is 0.758. The lowest BCUT2D eigenvalue weighted by Crippen LogP contribution is -2.00. The first-order valence-corrected chi connectivity index (χ1v) is 6.99. The Balaban J connectivity index is 2.14. The van der Waals surface area contributed by atoms with Gasteiger partial charge in [-0.15, -0.1) is 11.3 Å². The van der Waals surface area contributed by atoms with Crippen molar-refractivity contribution in [2.45, 2.75) is 13.5 Å². The lowest BCUT2D eigenvalue weighted by Gasteiger charge is -2.06. The molecule has 0 spiro atoms. The highest BCUT2D eigenvalue weighted by atomic mass is 79.9. The van der Waals surface area contributed by atoms with Gasteiger partial charge in [-0.2, -0.15) is 0 Å². The standard InChI is InChI=1S/C13H10BrFO3S/c1-7-4-11(12(19-7)13(16)17)18-6-8-2-3-10(15)9(14)5-8/h2-5H,6H2,1H3,(H,16,17). The lowest BCUT2D eigenvalue weighted by atomic mass is 10.2. The van der Waals surface area contributed by atoms with Crippen LogP contribution >= 0.6 is 27.3 Å². The summed E-state index contributed by atoms with van der Waals surface area (Å²) in [5.74, 6) is -1.01. The Labute approximate surface area is 121 Å². The maximum Gasteiger partial charge on any atom is 0.349 e. The monoisotopic (exact) mass is 344 g/mol. The fourth-order valence-electron chi connectivity index (χ4n) is 1.54. The smallest absolute Gasteiger partial charge is 0.349 e. The van der Waals surface area contributed by atoms with E-state index in [1.807, 2.05) is 6.92 Å². The highest BCUT2D eigenvalue weighted by molar-refractivity contribution is 9.10. The van der Waals surface area contributed by atoms with Crippen molar-refractivity contribution in [2.75, 3.05) is 0 Å². The van der Waals surface area contributed by atoms with E-state index in [1.54, 1.807) is 18.2 Å². The van der Waals surface area contributed by atoms with E-state index in [0.717, 1.165) is 10.4 Å². The highest BCUT2D eigenvalue weighted by Crippen LogP contribution is 2.29. The quantitative estimate of drug-likeness (QED) is 0.902. The molecule has 0 bridgehead atoms. The third-order valence-electron chi connectivity index (χ3n) is 2.39. The van der Waals surface area contributed by atoms with E-state index in [1.165, 1.54) is 17.4 Å². The van der Waals surface area contributed by atoms with Crippen molar-refractivity contribution in [1.29, 1.82) is 0 Å². The van der Waals surface area contributed by atoms with Crippen molar-refractivity contribution in [3.63, 3.8) is 0 Å². The Morgan fingerprint density at radius 2 is 2.21 bits per heavy atom. The van der Waals surface area contributed by atoms with Crippen LogP contribution in [0.4, 0.5) is 4.39 Å². The third-order valence-corrected chi connectivity index (χ3v) is 4.02. The zero-order chi connectivity index (χ0) is 14.0. The van der Waals surface area contributed by atoms with Gasteiger partial charge in [-0.05, 0) is 46.6 Å². The minimum absolute atomic E-state index is 0.179. The molecule has 1 heterocycles. The molecule has 19 heavy (non-hydrogen) atoms. The molecular weight excluding hydrogens is 335 g/mol. The fraction of sp³-hybridized carbons (Fsp3) is 0.154. The van der Waals surface area contributed by atoms with Crippen molar-refractivity contribution < 1.29 is 19.0 Å². The molecule has 100 valence electrons. The van der Waals surface area contributed by atoms with Gasteiger partial charge in [-0.1, -0.05) is 6.07 Å². The molecule has 0 aliphatic carbocycles. The molecule has 6 heteroatoms. The maximum atomic E-state index is 13.1. The predicted molar refractivity (Wildman–Crippen MR) is 74.4 cm³/mol. The van der Waals surface area contributed by atoms with Crippen LogP contribution in [0, 0.1) is 12.7 Å². The molecule has 0 radical (unpaired) electrons. The summed E-state index contributed by atoms with van der Waals surface area (Å²) in [6.45, 7) is 2.01. The van der Waals surface area contributed by atoms with Crippen LogP contribution in [0.1, 0.15) is 20.1 Å². The number of carboxylic acid groups (broad SMARTS) is 1. The van der Waals surface area contributed by atoms with Gasteiger partial charge in [0.25, 0.3) is 0 Å². The van der Waals surface area contributed by atoms with Crippen LogP contribution in [0.5, 0.6) is 5.75 Å². The number of aryl methyl sites for hydroxylation is 1. The summed E-state index contributed by atoms with van der Waals surface area (Å²) in [5, 5.41) is 9.03. The predicted octanol–water partition coefficient (Wildman–Crippen LogP) is 4.24.